The van der Waals surface area contributed by atoms with Crippen molar-refractivity contribution in [2.45, 2.75) is 0 Å². The second kappa shape index (κ2) is 6.94. The van der Waals surface area contributed by atoms with Gasteiger partial charge in [-0.1, -0.05) is 0 Å². The summed E-state index contributed by atoms with van der Waals surface area (Å²) in [6.45, 7) is -0.232. The molecule has 130 valence electrons. The average molecular weight is 353 g/mol. The van der Waals surface area contributed by atoms with E-state index in [9.17, 15) is 19.1 Å². The lowest BCUT2D eigenvalue weighted by atomic mass is 10.1. The summed E-state index contributed by atoms with van der Waals surface area (Å²) < 4.78 is 12.9. The van der Waals surface area contributed by atoms with Crippen LogP contribution in [0.2, 0.25) is 0 Å². The summed E-state index contributed by atoms with van der Waals surface area (Å²) >= 11 is 0. The van der Waals surface area contributed by atoms with Crippen LogP contribution in [-0.4, -0.2) is 23.5 Å². The third kappa shape index (κ3) is 3.47. The smallest absolute Gasteiger partial charge is 0.372 e. The monoisotopic (exact) mass is 353 g/mol. The number of aliphatic hydroxyl groups excluding tert-OH is 1. The fraction of sp³-hybridized carbons (Fsp3) is 0.0556. The fourth-order valence-corrected chi connectivity index (χ4v) is 2.31. The molecule has 2 N–H and O–H groups in total. The maximum Gasteiger partial charge on any atom is 0.372 e. The molecule has 0 aromatic heterocycles. The van der Waals surface area contributed by atoms with Gasteiger partial charge in [-0.2, -0.15) is 10.3 Å². The molecular formula is C18H12FN3O4. The minimum atomic E-state index is -1.03. The van der Waals surface area contributed by atoms with Crippen LogP contribution in [0.15, 0.2) is 59.9 Å². The fourth-order valence-electron chi connectivity index (χ4n) is 2.31. The van der Waals surface area contributed by atoms with Gasteiger partial charge in [0, 0.05) is 5.69 Å². The third-order valence-corrected chi connectivity index (χ3v) is 3.59. The number of benzene rings is 2. The highest BCUT2D eigenvalue weighted by molar-refractivity contribution is 6.22. The van der Waals surface area contributed by atoms with Gasteiger partial charge < -0.3 is 15.3 Å². The standard InChI is InChI=1S/C18H12FN3O4/c19-12-3-5-13(6-4-12)21-17(24)16-15(23)10-22(26-18(16)25)14-7-1-11(9-20)2-8-14/h1-8,23H,10H2,(H,21,24). The Morgan fingerprint density at radius 2 is 1.85 bits per heavy atom. The van der Waals surface area contributed by atoms with Gasteiger partial charge >= 0.3 is 5.97 Å². The first kappa shape index (κ1) is 17.0. The summed E-state index contributed by atoms with van der Waals surface area (Å²) in [5.74, 6) is -2.83. The Balaban J connectivity index is 1.78. The summed E-state index contributed by atoms with van der Waals surface area (Å²) in [6.07, 6.45) is 0. The highest BCUT2D eigenvalue weighted by Gasteiger charge is 2.33. The highest BCUT2D eigenvalue weighted by atomic mass is 19.1. The van der Waals surface area contributed by atoms with Crippen LogP contribution in [0, 0.1) is 17.1 Å². The predicted molar refractivity (Wildman–Crippen MR) is 89.3 cm³/mol. The van der Waals surface area contributed by atoms with Gasteiger partial charge in [-0.3, -0.25) is 4.79 Å². The minimum absolute atomic E-state index is 0.232. The second-order valence-corrected chi connectivity index (χ2v) is 5.36. The number of hydrogen-bond donors (Lipinski definition) is 2. The molecule has 1 aliphatic rings. The van der Waals surface area contributed by atoms with E-state index in [1.54, 1.807) is 12.1 Å². The zero-order chi connectivity index (χ0) is 18.7. The molecule has 0 bridgehead atoms. The van der Waals surface area contributed by atoms with Gasteiger partial charge in [-0.05, 0) is 48.5 Å². The molecule has 3 rings (SSSR count). The number of rotatable bonds is 3. The van der Waals surface area contributed by atoms with Crippen LogP contribution in [0.25, 0.3) is 0 Å². The number of nitriles is 1. The molecule has 8 heteroatoms. The Morgan fingerprint density at radius 3 is 2.42 bits per heavy atom. The topological polar surface area (TPSA) is 103 Å². The number of hydroxylamine groups is 1. The van der Waals surface area contributed by atoms with Crippen LogP contribution >= 0.6 is 0 Å². The lowest BCUT2D eigenvalue weighted by Gasteiger charge is -2.27. The Kier molecular flexibility index (Phi) is 4.53. The number of halogens is 1. The number of anilines is 2. The van der Waals surface area contributed by atoms with Crippen molar-refractivity contribution in [1.82, 2.24) is 0 Å². The molecule has 2 aromatic carbocycles. The lowest BCUT2D eigenvalue weighted by Crippen LogP contribution is -2.39. The van der Waals surface area contributed by atoms with Gasteiger partial charge in [-0.25, -0.2) is 9.18 Å². The van der Waals surface area contributed by atoms with Crippen molar-refractivity contribution >= 4 is 23.3 Å². The van der Waals surface area contributed by atoms with Crippen molar-refractivity contribution in [3.63, 3.8) is 0 Å². The number of carbonyl (C=O) groups is 2. The van der Waals surface area contributed by atoms with Crippen LogP contribution in [0.5, 0.6) is 0 Å². The number of amides is 1. The van der Waals surface area contributed by atoms with E-state index in [1.807, 2.05) is 6.07 Å². The Morgan fingerprint density at radius 1 is 1.19 bits per heavy atom. The van der Waals surface area contributed by atoms with E-state index >= 15 is 0 Å². The molecule has 0 unspecified atom stereocenters. The van der Waals surface area contributed by atoms with Crippen molar-refractivity contribution < 1.29 is 23.9 Å². The molecule has 0 aliphatic carbocycles. The largest absolute Gasteiger partial charge is 0.509 e. The molecule has 2 aromatic rings. The second-order valence-electron chi connectivity index (χ2n) is 5.36. The van der Waals surface area contributed by atoms with Crippen molar-refractivity contribution in [2.24, 2.45) is 0 Å². The van der Waals surface area contributed by atoms with Gasteiger partial charge in [0.1, 0.15) is 18.1 Å². The molecule has 0 radical (unpaired) electrons. The quantitative estimate of drug-likeness (QED) is 0.822. The number of nitrogens with zero attached hydrogens (tertiary/aromatic N) is 2. The Labute approximate surface area is 147 Å². The average Bonchev–Trinajstić information content (AvgIpc) is 2.63. The zero-order valence-corrected chi connectivity index (χ0v) is 13.3. The normalized spacial score (nSPS) is 13.8. The van der Waals surface area contributed by atoms with Gasteiger partial charge in [0.25, 0.3) is 5.91 Å². The zero-order valence-electron chi connectivity index (χ0n) is 13.3. The highest BCUT2D eigenvalue weighted by Crippen LogP contribution is 2.23. The molecule has 0 fully saturated rings. The van der Waals surface area contributed by atoms with Gasteiger partial charge in [0.05, 0.1) is 17.3 Å². The van der Waals surface area contributed by atoms with E-state index in [0.717, 1.165) is 17.2 Å². The van der Waals surface area contributed by atoms with Crippen molar-refractivity contribution in [1.29, 1.82) is 5.26 Å². The molecule has 1 amide bonds. The first-order valence-corrected chi connectivity index (χ1v) is 7.47. The van der Waals surface area contributed by atoms with Gasteiger partial charge in [-0.15, -0.1) is 0 Å². The molecule has 0 atom stereocenters. The van der Waals surface area contributed by atoms with Gasteiger partial charge in [0.2, 0.25) is 0 Å². The maximum absolute atomic E-state index is 12.9. The maximum atomic E-state index is 12.9. The van der Waals surface area contributed by atoms with E-state index in [1.165, 1.54) is 24.3 Å². The van der Waals surface area contributed by atoms with Crippen LogP contribution in [0.3, 0.4) is 0 Å². The van der Waals surface area contributed by atoms with E-state index in [4.69, 9.17) is 10.1 Å². The van der Waals surface area contributed by atoms with Crippen LogP contribution in [0.4, 0.5) is 15.8 Å². The van der Waals surface area contributed by atoms with E-state index in [-0.39, 0.29) is 12.2 Å². The summed E-state index contributed by atoms with van der Waals surface area (Å²) in [5.41, 5.74) is 0.594. The number of aliphatic hydroxyl groups is 1. The Bertz CT molecular complexity index is 930. The Hall–Kier alpha value is -3.86. The predicted octanol–water partition coefficient (Wildman–Crippen LogP) is 2.43. The molecule has 26 heavy (non-hydrogen) atoms. The molecule has 0 saturated carbocycles. The first-order chi connectivity index (χ1) is 12.5. The molecule has 0 saturated heterocycles. The van der Waals surface area contributed by atoms with Gasteiger partial charge in [0.15, 0.2) is 5.57 Å². The van der Waals surface area contributed by atoms with E-state index < -0.39 is 29.0 Å². The van der Waals surface area contributed by atoms with E-state index in [2.05, 4.69) is 5.32 Å². The lowest BCUT2D eigenvalue weighted by molar-refractivity contribution is -0.143. The molecule has 1 heterocycles. The minimum Gasteiger partial charge on any atom is -0.509 e. The molecular weight excluding hydrogens is 341 g/mol. The number of carbonyl (C=O) groups excluding carboxylic acids is 2. The van der Waals surface area contributed by atoms with Crippen LogP contribution < -0.4 is 10.4 Å². The molecule has 7 nitrogen and oxygen atoms in total. The summed E-state index contributed by atoms with van der Waals surface area (Å²) in [5, 5.41) is 22.4. The van der Waals surface area contributed by atoms with Crippen molar-refractivity contribution in [2.75, 3.05) is 16.9 Å². The number of nitrogens with one attached hydrogen (secondary N) is 1. The summed E-state index contributed by atoms with van der Waals surface area (Å²) in [7, 11) is 0. The summed E-state index contributed by atoms with van der Waals surface area (Å²) in [4.78, 5) is 29.4. The van der Waals surface area contributed by atoms with E-state index in [0.29, 0.717) is 11.3 Å². The molecule has 0 spiro atoms. The van der Waals surface area contributed by atoms with Crippen molar-refractivity contribution in [3.8, 4) is 6.07 Å². The third-order valence-electron chi connectivity index (χ3n) is 3.59. The summed E-state index contributed by atoms with van der Waals surface area (Å²) in [6, 6.07) is 13.0. The molecule has 1 aliphatic heterocycles. The number of hydrogen-bond acceptors (Lipinski definition) is 6. The SMILES string of the molecule is N#Cc1ccc(N2CC(O)=C(C(=O)Nc3ccc(F)cc3)C(=O)O2)cc1. The van der Waals surface area contributed by atoms with Crippen LogP contribution in [-0.2, 0) is 14.4 Å². The van der Waals surface area contributed by atoms with Crippen molar-refractivity contribution in [3.05, 3.63) is 71.2 Å². The first-order valence-electron chi connectivity index (χ1n) is 7.47. The van der Waals surface area contributed by atoms with Crippen LogP contribution in [0.1, 0.15) is 5.56 Å².